The van der Waals surface area contributed by atoms with Gasteiger partial charge >= 0.3 is 0 Å². The molecule has 1 amide bonds. The second kappa shape index (κ2) is 4.42. The summed E-state index contributed by atoms with van der Waals surface area (Å²) < 4.78 is 0. The SMILES string of the molecule is C/C=C(/C)C(=O)N1CCNC(C)C1. The fourth-order valence-electron chi connectivity index (χ4n) is 1.49. The maximum atomic E-state index is 11.7. The molecule has 0 spiro atoms. The van der Waals surface area contributed by atoms with Crippen LogP contribution in [0.1, 0.15) is 20.8 Å². The van der Waals surface area contributed by atoms with Crippen LogP contribution in [0, 0.1) is 0 Å². The van der Waals surface area contributed by atoms with Crippen LogP contribution in [0.2, 0.25) is 0 Å². The first-order chi connectivity index (χ1) is 6.15. The summed E-state index contributed by atoms with van der Waals surface area (Å²) in [5.41, 5.74) is 0.842. The normalized spacial score (nSPS) is 24.7. The van der Waals surface area contributed by atoms with Gasteiger partial charge in [0.1, 0.15) is 0 Å². The number of hydrogen-bond acceptors (Lipinski definition) is 2. The van der Waals surface area contributed by atoms with Crippen LogP contribution in [-0.2, 0) is 4.79 Å². The molecule has 1 unspecified atom stereocenters. The van der Waals surface area contributed by atoms with Crippen molar-refractivity contribution >= 4 is 5.91 Å². The monoisotopic (exact) mass is 182 g/mol. The molecule has 0 bridgehead atoms. The highest BCUT2D eigenvalue weighted by molar-refractivity contribution is 5.92. The summed E-state index contributed by atoms with van der Waals surface area (Å²) in [5, 5.41) is 3.31. The van der Waals surface area contributed by atoms with Crippen LogP contribution in [0.25, 0.3) is 0 Å². The molecule has 1 rings (SSSR count). The highest BCUT2D eigenvalue weighted by atomic mass is 16.2. The summed E-state index contributed by atoms with van der Waals surface area (Å²) in [5.74, 6) is 0.177. The van der Waals surface area contributed by atoms with E-state index in [-0.39, 0.29) is 5.91 Å². The number of nitrogens with one attached hydrogen (secondary N) is 1. The molecule has 0 saturated carbocycles. The second-order valence-electron chi connectivity index (χ2n) is 3.58. The zero-order valence-electron chi connectivity index (χ0n) is 8.63. The predicted molar refractivity (Wildman–Crippen MR) is 53.5 cm³/mol. The molecular weight excluding hydrogens is 164 g/mol. The van der Waals surface area contributed by atoms with E-state index >= 15 is 0 Å². The maximum Gasteiger partial charge on any atom is 0.249 e. The van der Waals surface area contributed by atoms with Gasteiger partial charge in [-0.25, -0.2) is 0 Å². The molecule has 1 atom stereocenters. The second-order valence-corrected chi connectivity index (χ2v) is 3.58. The van der Waals surface area contributed by atoms with Gasteiger partial charge in [-0.05, 0) is 20.8 Å². The molecule has 1 fully saturated rings. The molecule has 0 aliphatic carbocycles. The number of nitrogens with zero attached hydrogens (tertiary/aromatic N) is 1. The smallest absolute Gasteiger partial charge is 0.249 e. The summed E-state index contributed by atoms with van der Waals surface area (Å²) in [6.45, 7) is 8.43. The summed E-state index contributed by atoms with van der Waals surface area (Å²) in [6, 6.07) is 0.419. The van der Waals surface area contributed by atoms with Crippen molar-refractivity contribution in [2.24, 2.45) is 0 Å². The number of hydrogen-bond donors (Lipinski definition) is 1. The fourth-order valence-corrected chi connectivity index (χ4v) is 1.49. The van der Waals surface area contributed by atoms with Gasteiger partial charge in [0, 0.05) is 31.2 Å². The summed E-state index contributed by atoms with van der Waals surface area (Å²) in [4.78, 5) is 13.6. The standard InChI is InChI=1S/C10H18N2O/c1-4-8(2)10(13)12-6-5-11-9(3)7-12/h4,9,11H,5-7H2,1-3H3/b8-4-. The van der Waals surface area contributed by atoms with E-state index in [2.05, 4.69) is 12.2 Å². The molecule has 0 aromatic heterocycles. The molecule has 1 heterocycles. The van der Waals surface area contributed by atoms with Crippen molar-refractivity contribution in [2.45, 2.75) is 26.8 Å². The molecule has 1 aliphatic heterocycles. The Morgan fingerprint density at radius 2 is 2.31 bits per heavy atom. The summed E-state index contributed by atoms with van der Waals surface area (Å²) >= 11 is 0. The van der Waals surface area contributed by atoms with Crippen LogP contribution in [0.4, 0.5) is 0 Å². The predicted octanol–water partition coefficient (Wildman–Crippen LogP) is 0.773. The van der Waals surface area contributed by atoms with E-state index in [1.807, 2.05) is 24.8 Å². The lowest BCUT2D eigenvalue weighted by Crippen LogP contribution is -2.51. The topological polar surface area (TPSA) is 32.3 Å². The van der Waals surface area contributed by atoms with Gasteiger partial charge in [0.25, 0.3) is 0 Å². The molecule has 0 radical (unpaired) electrons. The van der Waals surface area contributed by atoms with Crippen LogP contribution >= 0.6 is 0 Å². The van der Waals surface area contributed by atoms with Crippen molar-refractivity contribution in [1.82, 2.24) is 10.2 Å². The van der Waals surface area contributed by atoms with Gasteiger partial charge in [-0.3, -0.25) is 4.79 Å². The minimum absolute atomic E-state index is 0.177. The summed E-state index contributed by atoms with van der Waals surface area (Å²) in [7, 11) is 0. The maximum absolute atomic E-state index is 11.7. The number of carbonyl (C=O) groups excluding carboxylic acids is 1. The first kappa shape index (κ1) is 10.3. The quantitative estimate of drug-likeness (QED) is 0.608. The first-order valence-corrected chi connectivity index (χ1v) is 4.80. The van der Waals surface area contributed by atoms with Crippen molar-refractivity contribution in [3.63, 3.8) is 0 Å². The molecule has 3 heteroatoms. The molecule has 74 valence electrons. The van der Waals surface area contributed by atoms with Gasteiger partial charge in [-0.15, -0.1) is 0 Å². The van der Waals surface area contributed by atoms with Gasteiger partial charge in [0.05, 0.1) is 0 Å². The lowest BCUT2D eigenvalue weighted by molar-refractivity contribution is -0.128. The Morgan fingerprint density at radius 1 is 1.62 bits per heavy atom. The molecule has 1 N–H and O–H groups in total. The van der Waals surface area contributed by atoms with Gasteiger partial charge < -0.3 is 10.2 Å². The Morgan fingerprint density at radius 3 is 2.85 bits per heavy atom. The van der Waals surface area contributed by atoms with Crippen molar-refractivity contribution in [3.8, 4) is 0 Å². The van der Waals surface area contributed by atoms with Gasteiger partial charge in [-0.1, -0.05) is 6.08 Å². The van der Waals surface area contributed by atoms with E-state index in [4.69, 9.17) is 0 Å². The van der Waals surface area contributed by atoms with Gasteiger partial charge in [0.15, 0.2) is 0 Å². The van der Waals surface area contributed by atoms with Crippen LogP contribution in [-0.4, -0.2) is 36.5 Å². The van der Waals surface area contributed by atoms with Gasteiger partial charge in [-0.2, -0.15) is 0 Å². The lowest BCUT2D eigenvalue weighted by atomic mass is 10.2. The third-order valence-electron chi connectivity index (χ3n) is 2.43. The summed E-state index contributed by atoms with van der Waals surface area (Å²) in [6.07, 6.45) is 1.87. The number of amides is 1. The van der Waals surface area contributed by atoms with Gasteiger partial charge in [0.2, 0.25) is 5.91 Å². The molecule has 1 saturated heterocycles. The van der Waals surface area contributed by atoms with E-state index in [1.165, 1.54) is 0 Å². The van der Waals surface area contributed by atoms with Crippen molar-refractivity contribution in [2.75, 3.05) is 19.6 Å². The van der Waals surface area contributed by atoms with Crippen molar-refractivity contribution in [1.29, 1.82) is 0 Å². The molecule has 13 heavy (non-hydrogen) atoms. The number of piperazine rings is 1. The zero-order valence-corrected chi connectivity index (χ0v) is 8.63. The third kappa shape index (κ3) is 2.56. The molecule has 3 nitrogen and oxygen atoms in total. The number of rotatable bonds is 1. The van der Waals surface area contributed by atoms with Crippen molar-refractivity contribution in [3.05, 3.63) is 11.6 Å². The average molecular weight is 182 g/mol. The van der Waals surface area contributed by atoms with E-state index in [1.54, 1.807) is 0 Å². The minimum atomic E-state index is 0.177. The Hall–Kier alpha value is -0.830. The van der Waals surface area contributed by atoms with E-state index in [9.17, 15) is 4.79 Å². The molecule has 0 aromatic rings. The van der Waals surface area contributed by atoms with Crippen LogP contribution in [0.5, 0.6) is 0 Å². The lowest BCUT2D eigenvalue weighted by Gasteiger charge is -2.32. The third-order valence-corrected chi connectivity index (χ3v) is 2.43. The molecule has 1 aliphatic rings. The fraction of sp³-hybridized carbons (Fsp3) is 0.700. The van der Waals surface area contributed by atoms with Crippen LogP contribution < -0.4 is 5.32 Å². The van der Waals surface area contributed by atoms with E-state index in [0.717, 1.165) is 25.2 Å². The Kier molecular flexibility index (Phi) is 3.48. The number of carbonyl (C=O) groups is 1. The molecule has 0 aromatic carbocycles. The van der Waals surface area contributed by atoms with Crippen LogP contribution in [0.15, 0.2) is 11.6 Å². The Bertz CT molecular complexity index is 223. The molecular formula is C10H18N2O. The highest BCUT2D eigenvalue weighted by Gasteiger charge is 2.20. The zero-order chi connectivity index (χ0) is 9.84. The first-order valence-electron chi connectivity index (χ1n) is 4.80. The van der Waals surface area contributed by atoms with Crippen molar-refractivity contribution < 1.29 is 4.79 Å². The largest absolute Gasteiger partial charge is 0.336 e. The van der Waals surface area contributed by atoms with Crippen LogP contribution in [0.3, 0.4) is 0 Å². The Balaban J connectivity index is 2.56. The average Bonchev–Trinajstić information content (AvgIpc) is 2.15. The van der Waals surface area contributed by atoms with E-state index in [0.29, 0.717) is 6.04 Å². The minimum Gasteiger partial charge on any atom is -0.336 e. The number of allylic oxidation sites excluding steroid dienone is 1. The Labute approximate surface area is 79.8 Å². The van der Waals surface area contributed by atoms with E-state index < -0.39 is 0 Å². The highest BCUT2D eigenvalue weighted by Crippen LogP contribution is 2.04.